The number of ether oxygens (including phenoxy) is 2. The maximum atomic E-state index is 13.8. The zero-order valence-corrected chi connectivity index (χ0v) is 10.8. The van der Waals surface area contributed by atoms with Gasteiger partial charge in [0, 0.05) is 19.6 Å². The van der Waals surface area contributed by atoms with Crippen LogP contribution in [0.3, 0.4) is 0 Å². The maximum absolute atomic E-state index is 13.8. The van der Waals surface area contributed by atoms with Gasteiger partial charge < -0.3 is 20.1 Å². The number of halogens is 1. The van der Waals surface area contributed by atoms with E-state index in [-0.39, 0.29) is 17.4 Å². The van der Waals surface area contributed by atoms with E-state index < -0.39 is 11.7 Å². The summed E-state index contributed by atoms with van der Waals surface area (Å²) in [6.07, 6.45) is -0.199. The molecule has 1 unspecified atom stereocenters. The van der Waals surface area contributed by atoms with Crippen LogP contribution in [0.2, 0.25) is 0 Å². The number of amides is 1. The van der Waals surface area contributed by atoms with Gasteiger partial charge in [0.1, 0.15) is 17.1 Å². The van der Waals surface area contributed by atoms with E-state index in [9.17, 15) is 9.18 Å². The number of methoxy groups -OCH3 is 1. The van der Waals surface area contributed by atoms with Crippen LogP contribution >= 0.6 is 0 Å². The van der Waals surface area contributed by atoms with Crippen LogP contribution in [0.25, 0.3) is 0 Å². The van der Waals surface area contributed by atoms with Crippen LogP contribution in [0, 0.1) is 5.82 Å². The summed E-state index contributed by atoms with van der Waals surface area (Å²) in [7, 11) is 1.41. The fraction of sp³-hybridized carbons (Fsp3) is 0.462. The van der Waals surface area contributed by atoms with Crippen molar-refractivity contribution < 1.29 is 18.7 Å². The van der Waals surface area contributed by atoms with Gasteiger partial charge in [-0.05, 0) is 12.1 Å². The summed E-state index contributed by atoms with van der Waals surface area (Å²) in [5, 5.41) is 0. The first-order valence-corrected chi connectivity index (χ1v) is 6.10. The first-order valence-electron chi connectivity index (χ1n) is 6.10. The highest BCUT2D eigenvalue weighted by Crippen LogP contribution is 2.23. The van der Waals surface area contributed by atoms with Gasteiger partial charge in [-0.2, -0.15) is 0 Å². The topological polar surface area (TPSA) is 64.8 Å². The summed E-state index contributed by atoms with van der Waals surface area (Å²) in [6.45, 7) is 1.53. The molecule has 104 valence electrons. The Bertz CT molecular complexity index is 467. The Balaban J connectivity index is 2.24. The standard InChI is InChI=1S/C13H17FN2O3/c1-18-11-4-2-3-10(14)12(11)13(17)16-5-6-19-9(7-15)8-16/h2-4,9H,5-8,15H2,1H3. The summed E-state index contributed by atoms with van der Waals surface area (Å²) in [6, 6.07) is 4.32. The highest BCUT2D eigenvalue weighted by Gasteiger charge is 2.28. The van der Waals surface area contributed by atoms with Gasteiger partial charge in [-0.15, -0.1) is 0 Å². The van der Waals surface area contributed by atoms with E-state index in [1.807, 2.05) is 0 Å². The molecular weight excluding hydrogens is 251 g/mol. The van der Waals surface area contributed by atoms with Crippen LogP contribution in [0.1, 0.15) is 10.4 Å². The molecule has 0 spiro atoms. The van der Waals surface area contributed by atoms with Crippen LogP contribution in [0.4, 0.5) is 4.39 Å². The van der Waals surface area contributed by atoms with Crippen molar-refractivity contribution in [2.24, 2.45) is 5.73 Å². The fourth-order valence-corrected chi connectivity index (χ4v) is 2.09. The maximum Gasteiger partial charge on any atom is 0.260 e. The molecule has 1 atom stereocenters. The van der Waals surface area contributed by atoms with E-state index in [1.54, 1.807) is 11.0 Å². The molecule has 1 aliphatic rings. The molecule has 19 heavy (non-hydrogen) atoms. The molecule has 0 saturated carbocycles. The van der Waals surface area contributed by atoms with Crippen molar-refractivity contribution in [1.82, 2.24) is 4.90 Å². The van der Waals surface area contributed by atoms with Crippen molar-refractivity contribution in [3.63, 3.8) is 0 Å². The van der Waals surface area contributed by atoms with Gasteiger partial charge in [-0.1, -0.05) is 6.07 Å². The molecule has 1 aliphatic heterocycles. The molecule has 2 rings (SSSR count). The van der Waals surface area contributed by atoms with Crippen molar-refractivity contribution in [3.05, 3.63) is 29.6 Å². The summed E-state index contributed by atoms with van der Waals surface area (Å²) in [5.74, 6) is -0.738. The minimum atomic E-state index is -0.583. The van der Waals surface area contributed by atoms with Gasteiger partial charge in [0.25, 0.3) is 5.91 Å². The monoisotopic (exact) mass is 268 g/mol. The Morgan fingerprint density at radius 3 is 3.11 bits per heavy atom. The molecule has 1 fully saturated rings. The van der Waals surface area contributed by atoms with Crippen molar-refractivity contribution in [1.29, 1.82) is 0 Å². The Morgan fingerprint density at radius 2 is 2.42 bits per heavy atom. The number of hydrogen-bond donors (Lipinski definition) is 1. The molecule has 6 heteroatoms. The van der Waals surface area contributed by atoms with Crippen molar-refractivity contribution in [2.45, 2.75) is 6.10 Å². The minimum absolute atomic E-state index is 0.0392. The van der Waals surface area contributed by atoms with Crippen molar-refractivity contribution >= 4 is 5.91 Å². The largest absolute Gasteiger partial charge is 0.496 e. The van der Waals surface area contributed by atoms with E-state index >= 15 is 0 Å². The average Bonchev–Trinajstić information content (AvgIpc) is 2.46. The molecule has 0 radical (unpaired) electrons. The van der Waals surface area contributed by atoms with Gasteiger partial charge in [0.05, 0.1) is 19.8 Å². The van der Waals surface area contributed by atoms with Gasteiger partial charge >= 0.3 is 0 Å². The third kappa shape index (κ3) is 2.85. The van der Waals surface area contributed by atoms with Gasteiger partial charge in [-0.25, -0.2) is 4.39 Å². The molecule has 1 amide bonds. The van der Waals surface area contributed by atoms with E-state index in [4.69, 9.17) is 15.2 Å². The van der Waals surface area contributed by atoms with E-state index in [2.05, 4.69) is 0 Å². The number of morpholine rings is 1. The fourth-order valence-electron chi connectivity index (χ4n) is 2.09. The van der Waals surface area contributed by atoms with Crippen LogP contribution in [0.15, 0.2) is 18.2 Å². The zero-order chi connectivity index (χ0) is 13.8. The van der Waals surface area contributed by atoms with Gasteiger partial charge in [0.15, 0.2) is 0 Å². The summed E-state index contributed by atoms with van der Waals surface area (Å²) in [5.41, 5.74) is 5.49. The predicted octanol–water partition coefficient (Wildman–Crippen LogP) is 0.634. The number of carbonyl (C=O) groups is 1. The smallest absolute Gasteiger partial charge is 0.260 e. The van der Waals surface area contributed by atoms with Crippen LogP contribution in [-0.2, 0) is 4.74 Å². The first-order chi connectivity index (χ1) is 9.17. The van der Waals surface area contributed by atoms with E-state index in [1.165, 1.54) is 19.2 Å². The number of rotatable bonds is 3. The third-order valence-electron chi connectivity index (χ3n) is 3.10. The Kier molecular flexibility index (Phi) is 4.34. The molecule has 0 bridgehead atoms. The van der Waals surface area contributed by atoms with Gasteiger partial charge in [0.2, 0.25) is 0 Å². The second kappa shape index (κ2) is 5.99. The number of nitrogens with two attached hydrogens (primary N) is 1. The highest BCUT2D eigenvalue weighted by molar-refractivity contribution is 5.97. The van der Waals surface area contributed by atoms with Crippen LogP contribution in [0.5, 0.6) is 5.75 Å². The summed E-state index contributed by atoms with van der Waals surface area (Å²) in [4.78, 5) is 13.9. The average molecular weight is 268 g/mol. The summed E-state index contributed by atoms with van der Waals surface area (Å²) >= 11 is 0. The van der Waals surface area contributed by atoms with Gasteiger partial charge in [-0.3, -0.25) is 4.79 Å². The number of nitrogens with zero attached hydrogens (tertiary/aromatic N) is 1. The highest BCUT2D eigenvalue weighted by atomic mass is 19.1. The van der Waals surface area contributed by atoms with E-state index in [0.29, 0.717) is 26.2 Å². The van der Waals surface area contributed by atoms with Crippen LogP contribution in [-0.4, -0.2) is 50.3 Å². The number of carbonyl (C=O) groups excluding carboxylic acids is 1. The third-order valence-corrected chi connectivity index (χ3v) is 3.10. The molecule has 1 heterocycles. The lowest BCUT2D eigenvalue weighted by molar-refractivity contribution is -0.0170. The number of benzene rings is 1. The van der Waals surface area contributed by atoms with Crippen molar-refractivity contribution in [2.75, 3.05) is 33.4 Å². The van der Waals surface area contributed by atoms with Crippen molar-refractivity contribution in [3.8, 4) is 5.75 Å². The molecule has 5 nitrogen and oxygen atoms in total. The van der Waals surface area contributed by atoms with E-state index in [0.717, 1.165) is 0 Å². The molecule has 2 N–H and O–H groups in total. The summed E-state index contributed by atoms with van der Waals surface area (Å²) < 4.78 is 24.3. The molecule has 0 aliphatic carbocycles. The normalized spacial score (nSPS) is 19.3. The lowest BCUT2D eigenvalue weighted by Gasteiger charge is -2.32. The second-order valence-corrected chi connectivity index (χ2v) is 4.30. The predicted molar refractivity (Wildman–Crippen MR) is 67.6 cm³/mol. The molecular formula is C13H17FN2O3. The molecule has 0 aromatic heterocycles. The Labute approximate surface area is 111 Å². The molecule has 1 aromatic rings. The first kappa shape index (κ1) is 13.8. The Morgan fingerprint density at radius 1 is 1.63 bits per heavy atom. The lowest BCUT2D eigenvalue weighted by Crippen LogP contribution is -2.48. The zero-order valence-electron chi connectivity index (χ0n) is 10.8. The van der Waals surface area contributed by atoms with Crippen LogP contribution < -0.4 is 10.5 Å². The molecule has 1 aromatic carbocycles. The second-order valence-electron chi connectivity index (χ2n) is 4.30. The quantitative estimate of drug-likeness (QED) is 0.873. The number of hydrogen-bond acceptors (Lipinski definition) is 4. The SMILES string of the molecule is COc1cccc(F)c1C(=O)N1CCOC(CN)C1. The lowest BCUT2D eigenvalue weighted by atomic mass is 10.1. The minimum Gasteiger partial charge on any atom is -0.496 e. The Hall–Kier alpha value is -1.66. The molecule has 1 saturated heterocycles.